The minimum absolute atomic E-state index is 0.317. The van der Waals surface area contributed by atoms with E-state index in [1.165, 1.54) is 0 Å². The van der Waals surface area contributed by atoms with Crippen molar-refractivity contribution < 1.29 is 8.42 Å². The summed E-state index contributed by atoms with van der Waals surface area (Å²) in [6, 6.07) is 21.0. The van der Waals surface area contributed by atoms with Crippen LogP contribution in [0.4, 0.5) is 0 Å². The standard InChI is InChI=1S/C22H19NO2S3/c24-28(25,22-8-6-21(7-9-22)20-4-2-1-3-5-20)23(14-18-10-12-26-16-18)15-19-11-13-27-17-19/h1-13,16-17H,14-15H2. The topological polar surface area (TPSA) is 37.4 Å². The number of hydrogen-bond acceptors (Lipinski definition) is 4. The highest BCUT2D eigenvalue weighted by molar-refractivity contribution is 7.89. The molecule has 3 nitrogen and oxygen atoms in total. The molecule has 0 radical (unpaired) electrons. The van der Waals surface area contributed by atoms with Crippen molar-refractivity contribution in [3.05, 3.63) is 99.4 Å². The van der Waals surface area contributed by atoms with Crippen LogP contribution in [0.1, 0.15) is 11.1 Å². The van der Waals surface area contributed by atoms with Gasteiger partial charge in [0.15, 0.2) is 0 Å². The van der Waals surface area contributed by atoms with Crippen molar-refractivity contribution in [3.63, 3.8) is 0 Å². The second-order valence-electron chi connectivity index (χ2n) is 6.43. The van der Waals surface area contributed by atoms with Gasteiger partial charge in [-0.2, -0.15) is 27.0 Å². The Hall–Kier alpha value is -2.25. The van der Waals surface area contributed by atoms with Crippen LogP contribution in [0.5, 0.6) is 0 Å². The first-order chi connectivity index (χ1) is 13.6. The van der Waals surface area contributed by atoms with E-state index in [1.54, 1.807) is 39.1 Å². The van der Waals surface area contributed by atoms with E-state index in [0.29, 0.717) is 18.0 Å². The summed E-state index contributed by atoms with van der Waals surface area (Å²) in [5, 5.41) is 7.93. The van der Waals surface area contributed by atoms with Crippen LogP contribution in [0.25, 0.3) is 11.1 Å². The van der Waals surface area contributed by atoms with Crippen molar-refractivity contribution in [3.8, 4) is 11.1 Å². The van der Waals surface area contributed by atoms with Crippen LogP contribution in [0.15, 0.2) is 93.1 Å². The molecule has 0 unspecified atom stereocenters. The lowest BCUT2D eigenvalue weighted by atomic mass is 10.1. The van der Waals surface area contributed by atoms with Crippen LogP contribution in [0.2, 0.25) is 0 Å². The van der Waals surface area contributed by atoms with E-state index in [1.807, 2.05) is 76.1 Å². The second-order valence-corrected chi connectivity index (χ2v) is 9.92. The molecule has 0 aliphatic carbocycles. The third kappa shape index (κ3) is 4.25. The maximum Gasteiger partial charge on any atom is 0.243 e. The summed E-state index contributed by atoms with van der Waals surface area (Å²) in [4.78, 5) is 0.317. The molecule has 2 aromatic heterocycles. The van der Waals surface area contributed by atoms with Crippen LogP contribution in [-0.4, -0.2) is 12.7 Å². The molecule has 2 heterocycles. The van der Waals surface area contributed by atoms with Gasteiger partial charge < -0.3 is 0 Å². The van der Waals surface area contributed by atoms with Crippen molar-refractivity contribution in [1.82, 2.24) is 4.31 Å². The number of rotatable bonds is 7. The van der Waals surface area contributed by atoms with Crippen molar-refractivity contribution in [2.45, 2.75) is 18.0 Å². The monoisotopic (exact) mass is 425 g/mol. The van der Waals surface area contributed by atoms with E-state index in [0.717, 1.165) is 22.3 Å². The predicted molar refractivity (Wildman–Crippen MR) is 117 cm³/mol. The fourth-order valence-corrected chi connectivity index (χ4v) is 5.73. The molecule has 0 atom stereocenters. The van der Waals surface area contributed by atoms with Crippen molar-refractivity contribution in [2.75, 3.05) is 0 Å². The average Bonchev–Trinajstić information content (AvgIpc) is 3.43. The molecular formula is C22H19NO2S3. The summed E-state index contributed by atoms with van der Waals surface area (Å²) < 4.78 is 28.3. The third-order valence-electron chi connectivity index (χ3n) is 4.48. The van der Waals surface area contributed by atoms with Gasteiger partial charge in [0.1, 0.15) is 0 Å². The van der Waals surface area contributed by atoms with Crippen LogP contribution in [0, 0.1) is 0 Å². The summed E-state index contributed by atoms with van der Waals surface area (Å²) in [6.07, 6.45) is 0. The second kappa shape index (κ2) is 8.41. The number of thiophene rings is 2. The van der Waals surface area contributed by atoms with E-state index >= 15 is 0 Å². The van der Waals surface area contributed by atoms with Crippen molar-refractivity contribution >= 4 is 32.7 Å². The highest BCUT2D eigenvalue weighted by Gasteiger charge is 2.25. The molecule has 0 saturated heterocycles. The molecule has 0 N–H and O–H groups in total. The molecular weight excluding hydrogens is 406 g/mol. The van der Waals surface area contributed by atoms with Gasteiger partial charge in [0.25, 0.3) is 0 Å². The van der Waals surface area contributed by atoms with Gasteiger partial charge in [-0.05, 0) is 68.0 Å². The minimum Gasteiger partial charge on any atom is -0.207 e. The van der Waals surface area contributed by atoms with Gasteiger partial charge >= 0.3 is 0 Å². The summed E-state index contributed by atoms with van der Waals surface area (Å²) in [6.45, 7) is 0.726. The van der Waals surface area contributed by atoms with Gasteiger partial charge in [-0.25, -0.2) is 8.42 Å². The van der Waals surface area contributed by atoms with Gasteiger partial charge in [-0.15, -0.1) is 0 Å². The molecule has 4 rings (SSSR count). The lowest BCUT2D eigenvalue weighted by Gasteiger charge is -2.21. The molecule has 28 heavy (non-hydrogen) atoms. The Morgan fingerprint density at radius 3 is 1.71 bits per heavy atom. The Labute approximate surface area is 173 Å². The van der Waals surface area contributed by atoms with Crippen LogP contribution < -0.4 is 0 Å². The van der Waals surface area contributed by atoms with Crippen LogP contribution >= 0.6 is 22.7 Å². The first kappa shape index (κ1) is 19.1. The molecule has 142 valence electrons. The normalized spacial score (nSPS) is 11.8. The zero-order chi connectivity index (χ0) is 19.4. The van der Waals surface area contributed by atoms with E-state index < -0.39 is 10.0 Å². The van der Waals surface area contributed by atoms with E-state index in [4.69, 9.17) is 0 Å². The quantitative estimate of drug-likeness (QED) is 0.371. The van der Waals surface area contributed by atoms with Gasteiger partial charge in [0, 0.05) is 13.1 Å². The molecule has 0 bridgehead atoms. The highest BCUT2D eigenvalue weighted by atomic mass is 32.2. The number of benzene rings is 2. The summed E-state index contributed by atoms with van der Waals surface area (Å²) >= 11 is 3.15. The lowest BCUT2D eigenvalue weighted by molar-refractivity contribution is 0.402. The van der Waals surface area contributed by atoms with Gasteiger partial charge in [-0.3, -0.25) is 0 Å². The molecule has 0 aliphatic heterocycles. The largest absolute Gasteiger partial charge is 0.243 e. The fraction of sp³-hybridized carbons (Fsp3) is 0.0909. The van der Waals surface area contributed by atoms with E-state index in [-0.39, 0.29) is 0 Å². The zero-order valence-corrected chi connectivity index (χ0v) is 17.5. The van der Waals surface area contributed by atoms with E-state index in [2.05, 4.69) is 0 Å². The number of hydrogen-bond donors (Lipinski definition) is 0. The van der Waals surface area contributed by atoms with Gasteiger partial charge in [0.05, 0.1) is 4.90 Å². The van der Waals surface area contributed by atoms with Crippen molar-refractivity contribution in [1.29, 1.82) is 0 Å². The minimum atomic E-state index is -3.61. The lowest BCUT2D eigenvalue weighted by Crippen LogP contribution is -2.30. The summed E-state index contributed by atoms with van der Waals surface area (Å²) in [5.41, 5.74) is 4.08. The molecule has 4 aromatic rings. The summed E-state index contributed by atoms with van der Waals surface area (Å²) in [5.74, 6) is 0. The SMILES string of the molecule is O=S(=O)(c1ccc(-c2ccccc2)cc1)N(Cc1ccsc1)Cc1ccsc1. The molecule has 0 spiro atoms. The Morgan fingerprint density at radius 2 is 1.21 bits per heavy atom. The van der Waals surface area contributed by atoms with Gasteiger partial charge in [0.2, 0.25) is 10.0 Å². The molecule has 0 saturated carbocycles. The Morgan fingerprint density at radius 1 is 0.679 bits per heavy atom. The number of sulfonamides is 1. The third-order valence-corrected chi connectivity index (χ3v) is 7.75. The average molecular weight is 426 g/mol. The first-order valence-electron chi connectivity index (χ1n) is 8.81. The molecule has 2 aromatic carbocycles. The molecule has 6 heteroatoms. The van der Waals surface area contributed by atoms with Crippen LogP contribution in [0.3, 0.4) is 0 Å². The Bertz CT molecular complexity index is 1070. The molecule has 0 amide bonds. The predicted octanol–water partition coefficient (Wildman–Crippen LogP) is 5.87. The van der Waals surface area contributed by atoms with E-state index in [9.17, 15) is 8.42 Å². The maximum absolute atomic E-state index is 13.4. The smallest absolute Gasteiger partial charge is 0.207 e. The number of nitrogens with zero attached hydrogens (tertiary/aromatic N) is 1. The Kier molecular flexibility index (Phi) is 5.73. The Balaban J connectivity index is 1.64. The molecule has 0 aliphatic rings. The zero-order valence-electron chi connectivity index (χ0n) is 15.1. The van der Waals surface area contributed by atoms with Crippen molar-refractivity contribution in [2.24, 2.45) is 0 Å². The van der Waals surface area contributed by atoms with Crippen LogP contribution in [-0.2, 0) is 23.1 Å². The highest BCUT2D eigenvalue weighted by Crippen LogP contribution is 2.26. The maximum atomic E-state index is 13.4. The van der Waals surface area contributed by atoms with Gasteiger partial charge in [-0.1, -0.05) is 42.5 Å². The fourth-order valence-electron chi connectivity index (χ4n) is 3.00. The molecule has 0 fully saturated rings. The first-order valence-corrected chi connectivity index (χ1v) is 12.1. The summed E-state index contributed by atoms with van der Waals surface area (Å²) in [7, 11) is -3.61.